The Labute approximate surface area is 131 Å². The van der Waals surface area contributed by atoms with Gasteiger partial charge in [-0.2, -0.15) is 5.26 Å². The van der Waals surface area contributed by atoms with Gasteiger partial charge >= 0.3 is 0 Å². The van der Waals surface area contributed by atoms with Crippen LogP contribution in [0.4, 0.5) is 0 Å². The number of thioether (sulfide) groups is 1. The molecule has 0 aliphatic heterocycles. The lowest BCUT2D eigenvalue weighted by Gasteiger charge is -2.13. The Morgan fingerprint density at radius 1 is 1.27 bits per heavy atom. The van der Waals surface area contributed by atoms with Crippen molar-refractivity contribution < 1.29 is 0 Å². The summed E-state index contributed by atoms with van der Waals surface area (Å²) in [6.07, 6.45) is 3.26. The van der Waals surface area contributed by atoms with E-state index in [1.165, 1.54) is 16.3 Å². The van der Waals surface area contributed by atoms with E-state index in [2.05, 4.69) is 16.0 Å². The summed E-state index contributed by atoms with van der Waals surface area (Å²) in [6, 6.07) is 12.9. The van der Waals surface area contributed by atoms with Crippen LogP contribution in [0.2, 0.25) is 0 Å². The van der Waals surface area contributed by atoms with Crippen molar-refractivity contribution in [2.24, 2.45) is 0 Å². The Bertz CT molecular complexity index is 915. The fourth-order valence-corrected chi connectivity index (χ4v) is 2.90. The summed E-state index contributed by atoms with van der Waals surface area (Å²) in [5, 5.41) is 9.77. The number of nitriles is 1. The zero-order valence-corrected chi connectivity index (χ0v) is 12.6. The van der Waals surface area contributed by atoms with E-state index in [1.54, 1.807) is 43.6 Å². The van der Waals surface area contributed by atoms with Gasteiger partial charge in [-0.15, -0.1) is 0 Å². The van der Waals surface area contributed by atoms with Crippen LogP contribution in [0.15, 0.2) is 58.7 Å². The summed E-state index contributed by atoms with van der Waals surface area (Å²) in [7, 11) is 0. The SMILES string of the molecule is CC(C#N)Sc1nc2ccccc2c(=O)n1-c1cccnc1. The number of rotatable bonds is 3. The molecule has 1 atom stereocenters. The molecule has 22 heavy (non-hydrogen) atoms. The number of hydrogen-bond acceptors (Lipinski definition) is 5. The number of pyridine rings is 1. The highest BCUT2D eigenvalue weighted by Crippen LogP contribution is 2.24. The highest BCUT2D eigenvalue weighted by atomic mass is 32.2. The molecule has 0 saturated heterocycles. The molecule has 3 aromatic rings. The lowest BCUT2D eigenvalue weighted by molar-refractivity contribution is 0.814. The summed E-state index contributed by atoms with van der Waals surface area (Å²) < 4.78 is 1.51. The van der Waals surface area contributed by atoms with Crippen molar-refractivity contribution >= 4 is 22.7 Å². The number of fused-ring (bicyclic) bond motifs is 1. The Morgan fingerprint density at radius 3 is 2.82 bits per heavy atom. The quantitative estimate of drug-likeness (QED) is 0.549. The standard InChI is InChI=1S/C16H12N4OS/c1-11(9-17)22-16-19-14-7-3-2-6-13(14)15(21)20(16)12-5-4-8-18-10-12/h2-8,10-11H,1H3. The van der Waals surface area contributed by atoms with E-state index in [4.69, 9.17) is 5.26 Å². The van der Waals surface area contributed by atoms with Gasteiger partial charge in [0.1, 0.15) is 0 Å². The molecule has 0 aliphatic carbocycles. The first kappa shape index (κ1) is 14.3. The molecule has 6 heteroatoms. The first-order chi connectivity index (χ1) is 10.7. The summed E-state index contributed by atoms with van der Waals surface area (Å²) in [5.41, 5.74) is 1.10. The maximum Gasteiger partial charge on any atom is 0.266 e. The Balaban J connectivity index is 2.32. The number of nitrogens with zero attached hydrogens (tertiary/aromatic N) is 4. The Morgan fingerprint density at radius 2 is 2.09 bits per heavy atom. The Hall–Kier alpha value is -2.65. The summed E-state index contributed by atoms with van der Waals surface area (Å²) in [6.45, 7) is 1.78. The van der Waals surface area contributed by atoms with E-state index < -0.39 is 0 Å². The van der Waals surface area contributed by atoms with Crippen LogP contribution in [0.1, 0.15) is 6.92 Å². The van der Waals surface area contributed by atoms with E-state index in [-0.39, 0.29) is 10.8 Å². The second-order valence-corrected chi connectivity index (χ2v) is 5.96. The second kappa shape index (κ2) is 6.00. The van der Waals surface area contributed by atoms with Crippen molar-refractivity contribution in [1.29, 1.82) is 5.26 Å². The molecule has 1 aromatic carbocycles. The largest absolute Gasteiger partial charge is 0.268 e. The van der Waals surface area contributed by atoms with Gasteiger partial charge in [-0.05, 0) is 31.2 Å². The van der Waals surface area contributed by atoms with Gasteiger partial charge in [0.05, 0.1) is 34.1 Å². The highest BCUT2D eigenvalue weighted by Gasteiger charge is 2.15. The van der Waals surface area contributed by atoms with Crippen molar-refractivity contribution in [3.05, 3.63) is 59.1 Å². The lowest BCUT2D eigenvalue weighted by Crippen LogP contribution is -2.22. The van der Waals surface area contributed by atoms with Crippen molar-refractivity contribution in [2.75, 3.05) is 0 Å². The lowest BCUT2D eigenvalue weighted by atomic mass is 10.2. The van der Waals surface area contributed by atoms with E-state index in [1.807, 2.05) is 12.1 Å². The van der Waals surface area contributed by atoms with Gasteiger partial charge in [0.25, 0.3) is 5.56 Å². The molecule has 0 aliphatic rings. The molecule has 0 saturated carbocycles. The average molecular weight is 308 g/mol. The molecular formula is C16H12N4OS. The van der Waals surface area contributed by atoms with Crippen LogP contribution in [0, 0.1) is 11.3 Å². The second-order valence-electron chi connectivity index (χ2n) is 4.65. The molecule has 0 fully saturated rings. The topological polar surface area (TPSA) is 71.6 Å². The van der Waals surface area contributed by atoms with Crippen LogP contribution in [0.3, 0.4) is 0 Å². The van der Waals surface area contributed by atoms with Gasteiger partial charge in [-0.3, -0.25) is 14.3 Å². The third-order valence-corrected chi connectivity index (χ3v) is 4.06. The monoisotopic (exact) mass is 308 g/mol. The first-order valence-electron chi connectivity index (χ1n) is 6.69. The number of hydrogen-bond donors (Lipinski definition) is 0. The summed E-state index contributed by atoms with van der Waals surface area (Å²) >= 11 is 1.26. The Kier molecular flexibility index (Phi) is 3.90. The van der Waals surface area contributed by atoms with Gasteiger partial charge < -0.3 is 0 Å². The van der Waals surface area contributed by atoms with Crippen LogP contribution in [-0.4, -0.2) is 19.8 Å². The fraction of sp³-hybridized carbons (Fsp3) is 0.125. The maximum absolute atomic E-state index is 12.8. The third kappa shape index (κ3) is 2.59. The molecule has 0 spiro atoms. The molecule has 2 aromatic heterocycles. The van der Waals surface area contributed by atoms with E-state index in [0.717, 1.165) is 0 Å². The minimum Gasteiger partial charge on any atom is -0.268 e. The predicted molar refractivity (Wildman–Crippen MR) is 86.1 cm³/mol. The van der Waals surface area contributed by atoms with Crippen LogP contribution in [-0.2, 0) is 0 Å². The number of aromatic nitrogens is 3. The van der Waals surface area contributed by atoms with Crippen molar-refractivity contribution in [2.45, 2.75) is 17.3 Å². The molecule has 0 amide bonds. The normalized spacial score (nSPS) is 12.0. The molecule has 108 valence electrons. The minimum absolute atomic E-state index is 0.161. The third-order valence-electron chi connectivity index (χ3n) is 3.11. The van der Waals surface area contributed by atoms with Gasteiger partial charge in [0, 0.05) is 6.20 Å². The molecule has 3 rings (SSSR count). The van der Waals surface area contributed by atoms with Crippen LogP contribution < -0.4 is 5.56 Å². The highest BCUT2D eigenvalue weighted by molar-refractivity contribution is 8.00. The van der Waals surface area contributed by atoms with Crippen molar-refractivity contribution in [3.63, 3.8) is 0 Å². The molecule has 0 bridgehead atoms. The fourth-order valence-electron chi connectivity index (χ4n) is 2.09. The van der Waals surface area contributed by atoms with Crippen molar-refractivity contribution in [3.8, 4) is 11.8 Å². The van der Waals surface area contributed by atoms with Gasteiger partial charge in [0.15, 0.2) is 5.16 Å². The molecule has 5 nitrogen and oxygen atoms in total. The van der Waals surface area contributed by atoms with Gasteiger partial charge in [0.2, 0.25) is 0 Å². The zero-order chi connectivity index (χ0) is 15.5. The minimum atomic E-state index is -0.309. The molecule has 0 N–H and O–H groups in total. The zero-order valence-electron chi connectivity index (χ0n) is 11.8. The van der Waals surface area contributed by atoms with Crippen molar-refractivity contribution in [1.82, 2.24) is 14.5 Å². The number of benzene rings is 1. The van der Waals surface area contributed by atoms with Crippen LogP contribution >= 0.6 is 11.8 Å². The maximum atomic E-state index is 12.8. The van der Waals surface area contributed by atoms with Gasteiger partial charge in [-0.25, -0.2) is 4.98 Å². The van der Waals surface area contributed by atoms with E-state index in [9.17, 15) is 4.79 Å². The van der Waals surface area contributed by atoms with Gasteiger partial charge in [-0.1, -0.05) is 23.9 Å². The summed E-state index contributed by atoms with van der Waals surface area (Å²) in [4.78, 5) is 21.4. The smallest absolute Gasteiger partial charge is 0.266 e. The molecule has 0 radical (unpaired) electrons. The number of para-hydroxylation sites is 1. The molecule has 1 unspecified atom stereocenters. The molecular weight excluding hydrogens is 296 g/mol. The molecule has 2 heterocycles. The van der Waals surface area contributed by atoms with Crippen LogP contribution in [0.5, 0.6) is 0 Å². The van der Waals surface area contributed by atoms with Crippen LogP contribution in [0.25, 0.3) is 16.6 Å². The predicted octanol–water partition coefficient (Wildman–Crippen LogP) is 2.78. The van der Waals surface area contributed by atoms with E-state index in [0.29, 0.717) is 21.7 Å². The first-order valence-corrected chi connectivity index (χ1v) is 7.57. The van der Waals surface area contributed by atoms with E-state index >= 15 is 0 Å². The average Bonchev–Trinajstić information content (AvgIpc) is 2.56. The summed E-state index contributed by atoms with van der Waals surface area (Å²) in [5.74, 6) is 0.